The molecule has 0 unspecified atom stereocenters. The van der Waals surface area contributed by atoms with Crippen molar-refractivity contribution >= 4 is 27.7 Å². The van der Waals surface area contributed by atoms with E-state index in [4.69, 9.17) is 0 Å². The van der Waals surface area contributed by atoms with Crippen molar-refractivity contribution < 1.29 is 4.79 Å². The summed E-state index contributed by atoms with van der Waals surface area (Å²) in [6.45, 7) is 2.21. The minimum absolute atomic E-state index is 0.0519. The number of unbranched alkanes of at least 4 members (excludes halogenated alkanes) is 5. The predicted octanol–water partition coefficient (Wildman–Crippen LogP) is 4.53. The lowest BCUT2D eigenvalue weighted by Gasteiger charge is -2.04. The third kappa shape index (κ3) is 6.74. The van der Waals surface area contributed by atoms with E-state index < -0.39 is 0 Å². The van der Waals surface area contributed by atoms with Gasteiger partial charge in [0.05, 0.1) is 0 Å². The number of aromatic nitrogens is 1. The second-order valence-electron chi connectivity index (χ2n) is 4.43. The van der Waals surface area contributed by atoms with E-state index in [2.05, 4.69) is 33.2 Å². The van der Waals surface area contributed by atoms with Gasteiger partial charge < -0.3 is 5.32 Å². The molecule has 3 nitrogen and oxygen atoms in total. The summed E-state index contributed by atoms with van der Waals surface area (Å²) in [4.78, 5) is 15.7. The van der Waals surface area contributed by atoms with Crippen molar-refractivity contribution in [3.05, 3.63) is 22.8 Å². The molecule has 0 aliphatic rings. The normalized spacial score (nSPS) is 10.3. The van der Waals surface area contributed by atoms with Crippen molar-refractivity contribution in [1.82, 2.24) is 4.98 Å². The van der Waals surface area contributed by atoms with Gasteiger partial charge in [0.15, 0.2) is 0 Å². The molecule has 0 radical (unpaired) electrons. The molecule has 0 fully saturated rings. The predicted molar refractivity (Wildman–Crippen MR) is 78.6 cm³/mol. The van der Waals surface area contributed by atoms with Crippen LogP contribution >= 0.6 is 15.9 Å². The van der Waals surface area contributed by atoms with Crippen LogP contribution in [0.4, 0.5) is 5.82 Å². The van der Waals surface area contributed by atoms with E-state index in [9.17, 15) is 4.79 Å². The molecule has 100 valence electrons. The summed E-state index contributed by atoms with van der Waals surface area (Å²) in [5, 5.41) is 2.80. The fourth-order valence-electron chi connectivity index (χ4n) is 1.74. The molecule has 0 bridgehead atoms. The third-order valence-corrected chi connectivity index (χ3v) is 3.24. The Morgan fingerprint density at radius 2 is 2.00 bits per heavy atom. The standard InChI is InChI=1S/C14H21BrN2O/c1-2-3-4-5-6-7-8-14(18)17-13-11-12(15)9-10-16-13/h9-11H,2-8H2,1H3,(H,16,17,18). The van der Waals surface area contributed by atoms with Crippen LogP contribution in [0.2, 0.25) is 0 Å². The number of hydrogen-bond acceptors (Lipinski definition) is 2. The minimum atomic E-state index is 0.0519. The first kappa shape index (κ1) is 15.2. The van der Waals surface area contributed by atoms with E-state index in [0.717, 1.165) is 17.3 Å². The Balaban J connectivity index is 2.14. The number of rotatable bonds is 8. The number of nitrogens with one attached hydrogen (secondary N) is 1. The van der Waals surface area contributed by atoms with E-state index >= 15 is 0 Å². The number of halogens is 1. The summed E-state index contributed by atoms with van der Waals surface area (Å²) < 4.78 is 0.923. The number of anilines is 1. The second-order valence-corrected chi connectivity index (χ2v) is 5.34. The molecular weight excluding hydrogens is 292 g/mol. The van der Waals surface area contributed by atoms with Crippen LogP contribution in [-0.2, 0) is 4.79 Å². The Morgan fingerprint density at radius 3 is 2.72 bits per heavy atom. The lowest BCUT2D eigenvalue weighted by molar-refractivity contribution is -0.116. The van der Waals surface area contributed by atoms with E-state index in [-0.39, 0.29) is 5.91 Å². The van der Waals surface area contributed by atoms with Crippen LogP contribution in [0.3, 0.4) is 0 Å². The first-order valence-corrected chi connectivity index (χ1v) is 7.43. The molecule has 1 amide bonds. The summed E-state index contributed by atoms with van der Waals surface area (Å²) in [6.07, 6.45) is 9.43. The Kier molecular flexibility index (Phi) is 7.65. The van der Waals surface area contributed by atoms with Gasteiger partial charge in [0, 0.05) is 17.1 Å². The fourth-order valence-corrected chi connectivity index (χ4v) is 2.08. The first-order valence-electron chi connectivity index (χ1n) is 6.63. The maximum absolute atomic E-state index is 11.6. The third-order valence-electron chi connectivity index (χ3n) is 2.75. The fraction of sp³-hybridized carbons (Fsp3) is 0.571. The topological polar surface area (TPSA) is 42.0 Å². The van der Waals surface area contributed by atoms with Gasteiger partial charge >= 0.3 is 0 Å². The average Bonchev–Trinajstić information content (AvgIpc) is 2.33. The highest BCUT2D eigenvalue weighted by Crippen LogP contribution is 2.13. The minimum Gasteiger partial charge on any atom is -0.311 e. The average molecular weight is 313 g/mol. The molecule has 0 aromatic carbocycles. The summed E-state index contributed by atoms with van der Waals surface area (Å²) >= 11 is 3.35. The SMILES string of the molecule is CCCCCCCCC(=O)Nc1cc(Br)ccn1. The van der Waals surface area contributed by atoms with Crippen LogP contribution in [0.1, 0.15) is 51.9 Å². The number of carbonyl (C=O) groups is 1. The van der Waals surface area contributed by atoms with Gasteiger partial charge in [0.2, 0.25) is 5.91 Å². The highest BCUT2D eigenvalue weighted by Gasteiger charge is 2.03. The first-order chi connectivity index (χ1) is 8.72. The van der Waals surface area contributed by atoms with Gasteiger partial charge in [-0.15, -0.1) is 0 Å². The highest BCUT2D eigenvalue weighted by molar-refractivity contribution is 9.10. The molecule has 1 aromatic heterocycles. The molecule has 0 saturated carbocycles. The zero-order valence-corrected chi connectivity index (χ0v) is 12.5. The van der Waals surface area contributed by atoms with Crippen molar-refractivity contribution in [2.24, 2.45) is 0 Å². The summed E-state index contributed by atoms with van der Waals surface area (Å²) in [7, 11) is 0. The number of carbonyl (C=O) groups excluding carboxylic acids is 1. The maximum atomic E-state index is 11.6. The van der Waals surface area contributed by atoms with Crippen molar-refractivity contribution in [2.75, 3.05) is 5.32 Å². The van der Waals surface area contributed by atoms with Crippen LogP contribution in [0.25, 0.3) is 0 Å². The second kappa shape index (κ2) is 9.09. The summed E-state index contributed by atoms with van der Waals surface area (Å²) in [6, 6.07) is 3.64. The quantitative estimate of drug-likeness (QED) is 0.716. The lowest BCUT2D eigenvalue weighted by Crippen LogP contribution is -2.12. The number of amides is 1. The molecule has 0 saturated heterocycles. The zero-order chi connectivity index (χ0) is 13.2. The van der Waals surface area contributed by atoms with Gasteiger partial charge in [-0.2, -0.15) is 0 Å². The van der Waals surface area contributed by atoms with Gasteiger partial charge in [-0.3, -0.25) is 4.79 Å². The number of nitrogens with zero attached hydrogens (tertiary/aromatic N) is 1. The molecule has 0 atom stereocenters. The molecule has 0 spiro atoms. The number of hydrogen-bond donors (Lipinski definition) is 1. The molecule has 1 heterocycles. The molecule has 0 aliphatic carbocycles. The molecule has 4 heteroatoms. The van der Waals surface area contributed by atoms with Gasteiger partial charge in [0.1, 0.15) is 5.82 Å². The van der Waals surface area contributed by atoms with Crippen molar-refractivity contribution in [2.45, 2.75) is 51.9 Å². The van der Waals surface area contributed by atoms with E-state index in [1.54, 1.807) is 12.3 Å². The van der Waals surface area contributed by atoms with E-state index in [1.165, 1.54) is 25.7 Å². The van der Waals surface area contributed by atoms with Crippen LogP contribution in [-0.4, -0.2) is 10.9 Å². The smallest absolute Gasteiger partial charge is 0.225 e. The van der Waals surface area contributed by atoms with Crippen molar-refractivity contribution in [1.29, 1.82) is 0 Å². The van der Waals surface area contributed by atoms with Crippen LogP contribution < -0.4 is 5.32 Å². The Bertz CT molecular complexity index is 369. The van der Waals surface area contributed by atoms with Crippen LogP contribution in [0.5, 0.6) is 0 Å². The zero-order valence-electron chi connectivity index (χ0n) is 10.9. The Hall–Kier alpha value is -0.900. The Labute approximate surface area is 118 Å². The Morgan fingerprint density at radius 1 is 1.28 bits per heavy atom. The van der Waals surface area contributed by atoms with Gasteiger partial charge in [0.25, 0.3) is 0 Å². The van der Waals surface area contributed by atoms with E-state index in [0.29, 0.717) is 12.2 Å². The van der Waals surface area contributed by atoms with E-state index in [1.807, 2.05) is 6.07 Å². The van der Waals surface area contributed by atoms with Crippen molar-refractivity contribution in [3.8, 4) is 0 Å². The molecule has 0 aliphatic heterocycles. The van der Waals surface area contributed by atoms with Gasteiger partial charge in [-0.1, -0.05) is 55.0 Å². The monoisotopic (exact) mass is 312 g/mol. The van der Waals surface area contributed by atoms with Crippen molar-refractivity contribution in [3.63, 3.8) is 0 Å². The largest absolute Gasteiger partial charge is 0.311 e. The summed E-state index contributed by atoms with van der Waals surface area (Å²) in [5.41, 5.74) is 0. The molecule has 1 rings (SSSR count). The maximum Gasteiger partial charge on any atom is 0.225 e. The lowest BCUT2D eigenvalue weighted by atomic mass is 10.1. The highest BCUT2D eigenvalue weighted by atomic mass is 79.9. The van der Waals surface area contributed by atoms with Gasteiger partial charge in [-0.25, -0.2) is 4.98 Å². The van der Waals surface area contributed by atoms with Crippen LogP contribution in [0.15, 0.2) is 22.8 Å². The number of pyridine rings is 1. The molecule has 18 heavy (non-hydrogen) atoms. The molecule has 1 N–H and O–H groups in total. The summed E-state index contributed by atoms with van der Waals surface area (Å²) in [5.74, 6) is 0.663. The molecule has 1 aromatic rings. The van der Waals surface area contributed by atoms with Crippen LogP contribution in [0, 0.1) is 0 Å². The molecular formula is C14H21BrN2O. The van der Waals surface area contributed by atoms with Gasteiger partial charge in [-0.05, 0) is 18.6 Å².